The van der Waals surface area contributed by atoms with E-state index in [4.69, 9.17) is 30.4 Å². The summed E-state index contributed by atoms with van der Waals surface area (Å²) in [7, 11) is 1.83. The largest absolute Gasteiger partial charge is 0.496 e. The summed E-state index contributed by atoms with van der Waals surface area (Å²) in [5.41, 5.74) is 11.9. The molecule has 0 saturated heterocycles. The first kappa shape index (κ1) is 27.6. The average molecular weight is 531 g/mol. The van der Waals surface area contributed by atoms with Gasteiger partial charge in [0.05, 0.1) is 51.2 Å². The number of benzene rings is 2. The van der Waals surface area contributed by atoms with Crippen molar-refractivity contribution >= 4 is 21.9 Å². The summed E-state index contributed by atoms with van der Waals surface area (Å²) in [6.45, 7) is 0. The van der Waals surface area contributed by atoms with Gasteiger partial charge in [-0.25, -0.2) is 13.2 Å². The molecule has 0 aromatic heterocycles. The van der Waals surface area contributed by atoms with Gasteiger partial charge in [-0.05, 0) is 24.3 Å². The predicted molar refractivity (Wildman–Crippen MR) is 140 cm³/mol. The molecule has 5 N–H and O–H groups in total. The number of carboxylic acids is 1. The van der Waals surface area contributed by atoms with E-state index in [0.717, 1.165) is 5.41 Å². The molecule has 0 spiro atoms. The molecule has 0 amide bonds. The molecule has 11 heteroatoms. The molecule has 2 atom stereocenters. The van der Waals surface area contributed by atoms with Crippen LogP contribution < -0.4 is 30.4 Å². The van der Waals surface area contributed by atoms with Crippen LogP contribution in [0.2, 0.25) is 0 Å². The molecule has 2 aromatic rings. The van der Waals surface area contributed by atoms with Crippen molar-refractivity contribution in [1.82, 2.24) is 0 Å². The molecule has 0 saturated carbocycles. The van der Waals surface area contributed by atoms with Gasteiger partial charge in [0.1, 0.15) is 23.0 Å². The van der Waals surface area contributed by atoms with Crippen LogP contribution in [0.3, 0.4) is 0 Å². The first-order valence-electron chi connectivity index (χ1n) is 11.0. The number of sulfone groups is 1. The molecule has 198 valence electrons. The van der Waals surface area contributed by atoms with E-state index in [2.05, 4.69) is 0 Å². The van der Waals surface area contributed by atoms with Gasteiger partial charge in [0, 0.05) is 34.4 Å². The van der Waals surface area contributed by atoms with Gasteiger partial charge in [-0.1, -0.05) is 18.2 Å². The molecular weight excluding hydrogens is 500 g/mol. The quantitative estimate of drug-likeness (QED) is 0.416. The lowest BCUT2D eigenvalue weighted by Gasteiger charge is -2.32. The lowest BCUT2D eigenvalue weighted by Crippen LogP contribution is -2.46. The number of methoxy groups -OCH3 is 4. The highest BCUT2D eigenvalue weighted by Crippen LogP contribution is 2.40. The van der Waals surface area contributed by atoms with Crippen molar-refractivity contribution in [2.75, 3.05) is 34.2 Å². The molecule has 0 heterocycles. The van der Waals surface area contributed by atoms with Gasteiger partial charge in [0.25, 0.3) is 0 Å². The minimum atomic E-state index is -3.98. The maximum absolute atomic E-state index is 13.1. The van der Waals surface area contributed by atoms with E-state index in [1.165, 1.54) is 46.7 Å². The van der Waals surface area contributed by atoms with Crippen LogP contribution in [0.1, 0.15) is 17.0 Å². The Labute approximate surface area is 215 Å². The summed E-state index contributed by atoms with van der Waals surface area (Å²) in [4.78, 5) is 12.2. The average Bonchev–Trinajstić information content (AvgIpc) is 2.85. The van der Waals surface area contributed by atoms with Crippen LogP contribution in [0.4, 0.5) is 0 Å². The summed E-state index contributed by atoms with van der Waals surface area (Å²) < 4.78 is 47.5. The number of allylic oxidation sites excluding steroid dienone is 1. The SMILES string of the molecule is COc1cc(OC)c(/C=C/S(=O)(=O)CC2(N)C=C(N)C(c3ccccc3OC)C(C(=O)O)=C2)c(OC)c1. The molecule has 1 aliphatic rings. The van der Waals surface area contributed by atoms with Gasteiger partial charge in [-0.3, -0.25) is 0 Å². The zero-order chi connectivity index (χ0) is 27.4. The monoisotopic (exact) mass is 530 g/mol. The molecule has 1 aliphatic carbocycles. The summed E-state index contributed by atoms with van der Waals surface area (Å²) in [6, 6.07) is 10.0. The van der Waals surface area contributed by atoms with Gasteiger partial charge >= 0.3 is 5.97 Å². The summed E-state index contributed by atoms with van der Waals surface area (Å²) in [6.07, 6.45) is 3.92. The number of carboxylic acid groups (broad SMARTS) is 1. The fourth-order valence-electron chi connectivity index (χ4n) is 4.27. The Kier molecular flexibility index (Phi) is 8.19. The molecule has 0 aliphatic heterocycles. The Balaban J connectivity index is 1.98. The normalized spacial score (nSPS) is 19.6. The van der Waals surface area contributed by atoms with Crippen molar-refractivity contribution in [2.24, 2.45) is 11.5 Å². The topological polar surface area (TPSA) is 160 Å². The van der Waals surface area contributed by atoms with Crippen molar-refractivity contribution in [3.63, 3.8) is 0 Å². The minimum Gasteiger partial charge on any atom is -0.496 e. The second kappa shape index (κ2) is 11.0. The Morgan fingerprint density at radius 3 is 2.14 bits per heavy atom. The number of rotatable bonds is 10. The van der Waals surface area contributed by atoms with Crippen molar-refractivity contribution in [3.8, 4) is 23.0 Å². The maximum Gasteiger partial charge on any atom is 0.332 e. The number of ether oxygens (including phenoxy) is 4. The van der Waals surface area contributed by atoms with Crippen LogP contribution in [0.25, 0.3) is 6.08 Å². The van der Waals surface area contributed by atoms with E-state index in [1.807, 2.05) is 0 Å². The van der Waals surface area contributed by atoms with Crippen LogP contribution in [-0.4, -0.2) is 59.2 Å². The molecule has 0 bridgehead atoms. The fourth-order valence-corrected chi connectivity index (χ4v) is 5.58. The summed E-state index contributed by atoms with van der Waals surface area (Å²) in [5, 5.41) is 10.9. The highest BCUT2D eigenvalue weighted by Gasteiger charge is 2.38. The van der Waals surface area contributed by atoms with Crippen LogP contribution in [0.5, 0.6) is 23.0 Å². The molecule has 10 nitrogen and oxygen atoms in total. The Morgan fingerprint density at radius 2 is 1.59 bits per heavy atom. The number of hydrogen-bond donors (Lipinski definition) is 3. The Morgan fingerprint density at radius 1 is 1.00 bits per heavy atom. The lowest BCUT2D eigenvalue weighted by atomic mass is 9.79. The van der Waals surface area contributed by atoms with Crippen molar-refractivity contribution < 1.29 is 37.3 Å². The van der Waals surface area contributed by atoms with E-state index in [0.29, 0.717) is 34.1 Å². The number of carbonyl (C=O) groups is 1. The summed E-state index contributed by atoms with van der Waals surface area (Å²) >= 11 is 0. The van der Waals surface area contributed by atoms with Gasteiger partial charge in [0.2, 0.25) is 0 Å². The van der Waals surface area contributed by atoms with Gasteiger partial charge in [-0.2, -0.15) is 0 Å². The van der Waals surface area contributed by atoms with E-state index in [9.17, 15) is 18.3 Å². The van der Waals surface area contributed by atoms with Crippen molar-refractivity contribution in [2.45, 2.75) is 11.5 Å². The maximum atomic E-state index is 13.1. The number of nitrogens with two attached hydrogens (primary N) is 2. The highest BCUT2D eigenvalue weighted by atomic mass is 32.2. The minimum absolute atomic E-state index is 0.101. The van der Waals surface area contributed by atoms with E-state index in [1.54, 1.807) is 36.4 Å². The van der Waals surface area contributed by atoms with Crippen molar-refractivity contribution in [1.29, 1.82) is 0 Å². The molecular formula is C26H30N2O8S. The number of aliphatic carboxylic acids is 1. The third-order valence-electron chi connectivity index (χ3n) is 5.85. The zero-order valence-electron chi connectivity index (χ0n) is 20.9. The van der Waals surface area contributed by atoms with Crippen LogP contribution in [0, 0.1) is 0 Å². The summed E-state index contributed by atoms with van der Waals surface area (Å²) in [5.74, 6) is -1.20. The first-order valence-corrected chi connectivity index (χ1v) is 12.8. The third-order valence-corrected chi connectivity index (χ3v) is 7.30. The fraction of sp³-hybridized carbons (Fsp3) is 0.269. The smallest absolute Gasteiger partial charge is 0.332 e. The van der Waals surface area contributed by atoms with E-state index >= 15 is 0 Å². The van der Waals surface area contributed by atoms with Crippen LogP contribution in [0.15, 0.2) is 65.2 Å². The Hall–Kier alpha value is -3.96. The second-order valence-electron chi connectivity index (χ2n) is 8.39. The van der Waals surface area contributed by atoms with Crippen LogP contribution >= 0.6 is 0 Å². The third kappa shape index (κ3) is 6.07. The molecule has 2 aromatic carbocycles. The van der Waals surface area contributed by atoms with Crippen molar-refractivity contribution in [3.05, 3.63) is 76.4 Å². The predicted octanol–water partition coefficient (Wildman–Crippen LogP) is 2.46. The second-order valence-corrected chi connectivity index (χ2v) is 10.3. The molecule has 37 heavy (non-hydrogen) atoms. The molecule has 0 radical (unpaired) electrons. The highest BCUT2D eigenvalue weighted by molar-refractivity contribution is 7.94. The number of hydrogen-bond acceptors (Lipinski definition) is 9. The van der Waals surface area contributed by atoms with E-state index in [-0.39, 0.29) is 11.3 Å². The van der Waals surface area contributed by atoms with E-state index < -0.39 is 33.0 Å². The molecule has 0 fully saturated rings. The van der Waals surface area contributed by atoms with Gasteiger partial charge in [-0.15, -0.1) is 0 Å². The van der Waals surface area contributed by atoms with Gasteiger partial charge < -0.3 is 35.5 Å². The Bertz CT molecular complexity index is 1360. The molecule has 3 rings (SSSR count). The lowest BCUT2D eigenvalue weighted by molar-refractivity contribution is -0.133. The van der Waals surface area contributed by atoms with Crippen LogP contribution in [-0.2, 0) is 14.6 Å². The van der Waals surface area contributed by atoms with Gasteiger partial charge in [0.15, 0.2) is 9.84 Å². The number of para-hydroxylation sites is 1. The zero-order valence-corrected chi connectivity index (χ0v) is 21.7. The molecule has 2 unspecified atom stereocenters. The standard InChI is InChI=1S/C26H30N2O8S/c1-33-16-11-22(35-3)17(23(12-16)36-4)9-10-37(31,32)15-26(28)13-19(25(29)30)24(20(27)14-26)18-7-5-6-8-21(18)34-2/h5-14,24H,15,27-28H2,1-4H3,(H,29,30)/b10-9+. The first-order chi connectivity index (χ1) is 17.5.